The summed E-state index contributed by atoms with van der Waals surface area (Å²) in [5.41, 5.74) is 0. The molecule has 0 fully saturated rings. The average Bonchev–Trinajstić information content (AvgIpc) is 2.24. The fourth-order valence-corrected chi connectivity index (χ4v) is 1.44. The molecule has 0 aliphatic heterocycles. The number of aliphatic carboxylic acids is 1. The summed E-state index contributed by atoms with van der Waals surface area (Å²) in [6.45, 7) is 11.0. The van der Waals surface area contributed by atoms with Crippen molar-refractivity contribution < 1.29 is 14.6 Å². The Labute approximate surface area is 97.9 Å². The van der Waals surface area contributed by atoms with E-state index < -0.39 is 5.97 Å². The van der Waals surface area contributed by atoms with Crippen LogP contribution in [0.4, 0.5) is 0 Å². The zero-order valence-corrected chi connectivity index (χ0v) is 10.3. The highest BCUT2D eigenvalue weighted by atomic mass is 16.5. The van der Waals surface area contributed by atoms with Gasteiger partial charge in [0.1, 0.15) is 0 Å². The SMILES string of the molecule is C=CCN(CCCOCC)CC(C)C(=O)O. The molecule has 0 heterocycles. The third-order valence-electron chi connectivity index (χ3n) is 2.31. The molecule has 0 aromatic carbocycles. The lowest BCUT2D eigenvalue weighted by Crippen LogP contribution is -2.33. The maximum Gasteiger partial charge on any atom is 0.307 e. The average molecular weight is 229 g/mol. The first-order chi connectivity index (χ1) is 7.61. The minimum atomic E-state index is -0.751. The number of carboxylic acid groups (broad SMARTS) is 1. The summed E-state index contributed by atoms with van der Waals surface area (Å²) in [6, 6.07) is 0. The van der Waals surface area contributed by atoms with Gasteiger partial charge in [0.2, 0.25) is 0 Å². The Kier molecular flexibility index (Phi) is 8.85. The molecule has 0 spiro atoms. The van der Waals surface area contributed by atoms with Crippen LogP contribution in [0.15, 0.2) is 12.7 Å². The Morgan fingerprint density at radius 3 is 2.81 bits per heavy atom. The van der Waals surface area contributed by atoms with Crippen LogP contribution < -0.4 is 0 Å². The number of ether oxygens (including phenoxy) is 1. The molecular weight excluding hydrogens is 206 g/mol. The van der Waals surface area contributed by atoms with E-state index in [2.05, 4.69) is 11.5 Å². The maximum atomic E-state index is 10.7. The van der Waals surface area contributed by atoms with Gasteiger partial charge in [-0.3, -0.25) is 9.69 Å². The lowest BCUT2D eigenvalue weighted by molar-refractivity contribution is -0.141. The van der Waals surface area contributed by atoms with Gasteiger partial charge in [0.15, 0.2) is 0 Å². The van der Waals surface area contributed by atoms with Crippen LogP contribution in [0.5, 0.6) is 0 Å². The van der Waals surface area contributed by atoms with Gasteiger partial charge in [0.05, 0.1) is 5.92 Å². The molecule has 0 rings (SSSR count). The summed E-state index contributed by atoms with van der Waals surface area (Å²) in [7, 11) is 0. The molecule has 0 aromatic heterocycles. The van der Waals surface area contributed by atoms with Gasteiger partial charge < -0.3 is 9.84 Å². The number of carboxylic acids is 1. The second-order valence-corrected chi connectivity index (χ2v) is 3.84. The van der Waals surface area contributed by atoms with E-state index in [1.54, 1.807) is 13.0 Å². The molecule has 0 aromatic rings. The molecule has 0 radical (unpaired) electrons. The first kappa shape index (κ1) is 15.1. The van der Waals surface area contributed by atoms with Crippen LogP contribution in [-0.4, -0.2) is 48.8 Å². The smallest absolute Gasteiger partial charge is 0.307 e. The monoisotopic (exact) mass is 229 g/mol. The van der Waals surface area contributed by atoms with Gasteiger partial charge in [-0.15, -0.1) is 6.58 Å². The molecule has 0 saturated carbocycles. The molecule has 4 nitrogen and oxygen atoms in total. The fraction of sp³-hybridized carbons (Fsp3) is 0.750. The van der Waals surface area contributed by atoms with Crippen LogP contribution in [0.2, 0.25) is 0 Å². The molecule has 1 N–H and O–H groups in total. The molecule has 0 aliphatic carbocycles. The van der Waals surface area contributed by atoms with Gasteiger partial charge in [-0.05, 0) is 13.3 Å². The van der Waals surface area contributed by atoms with Gasteiger partial charge in [0, 0.05) is 32.8 Å². The minimum Gasteiger partial charge on any atom is -0.481 e. The predicted octanol–water partition coefficient (Wildman–Crippen LogP) is 1.62. The molecule has 94 valence electrons. The van der Waals surface area contributed by atoms with Crippen molar-refractivity contribution in [2.75, 3.05) is 32.8 Å². The van der Waals surface area contributed by atoms with Crippen molar-refractivity contribution in [3.05, 3.63) is 12.7 Å². The second kappa shape index (κ2) is 9.36. The highest BCUT2D eigenvalue weighted by molar-refractivity contribution is 5.69. The molecule has 0 amide bonds. The van der Waals surface area contributed by atoms with Crippen molar-refractivity contribution in [2.24, 2.45) is 5.92 Å². The van der Waals surface area contributed by atoms with E-state index in [-0.39, 0.29) is 5.92 Å². The Hall–Kier alpha value is -0.870. The molecule has 0 saturated heterocycles. The number of hydrogen-bond donors (Lipinski definition) is 1. The summed E-state index contributed by atoms with van der Waals surface area (Å²) in [6.07, 6.45) is 2.73. The largest absolute Gasteiger partial charge is 0.481 e. The van der Waals surface area contributed by atoms with E-state index in [9.17, 15) is 4.79 Å². The van der Waals surface area contributed by atoms with E-state index >= 15 is 0 Å². The van der Waals surface area contributed by atoms with Crippen LogP contribution in [-0.2, 0) is 9.53 Å². The molecule has 0 aliphatic rings. The predicted molar refractivity (Wildman–Crippen MR) is 64.5 cm³/mol. The van der Waals surface area contributed by atoms with Gasteiger partial charge in [-0.25, -0.2) is 0 Å². The van der Waals surface area contributed by atoms with Crippen molar-refractivity contribution >= 4 is 5.97 Å². The molecule has 1 unspecified atom stereocenters. The Morgan fingerprint density at radius 2 is 2.31 bits per heavy atom. The number of rotatable bonds is 10. The Balaban J connectivity index is 3.86. The van der Waals surface area contributed by atoms with Crippen molar-refractivity contribution in [3.8, 4) is 0 Å². The highest BCUT2D eigenvalue weighted by Gasteiger charge is 2.14. The number of carbonyl (C=O) groups is 1. The zero-order chi connectivity index (χ0) is 12.4. The minimum absolute atomic E-state index is 0.341. The van der Waals surface area contributed by atoms with E-state index in [4.69, 9.17) is 9.84 Å². The summed E-state index contributed by atoms with van der Waals surface area (Å²) in [5.74, 6) is -1.09. The molecular formula is C12H23NO3. The van der Waals surface area contributed by atoms with Crippen molar-refractivity contribution in [1.29, 1.82) is 0 Å². The Morgan fingerprint density at radius 1 is 1.62 bits per heavy atom. The molecule has 16 heavy (non-hydrogen) atoms. The van der Waals surface area contributed by atoms with E-state index in [1.807, 2.05) is 6.92 Å². The molecule has 0 bridgehead atoms. The lowest BCUT2D eigenvalue weighted by atomic mass is 10.1. The Bertz CT molecular complexity index is 206. The summed E-state index contributed by atoms with van der Waals surface area (Å²) < 4.78 is 5.25. The third kappa shape index (κ3) is 7.43. The van der Waals surface area contributed by atoms with Crippen molar-refractivity contribution in [3.63, 3.8) is 0 Å². The van der Waals surface area contributed by atoms with Crippen LogP contribution in [0.25, 0.3) is 0 Å². The number of hydrogen-bond acceptors (Lipinski definition) is 3. The van der Waals surface area contributed by atoms with Crippen molar-refractivity contribution in [2.45, 2.75) is 20.3 Å². The van der Waals surface area contributed by atoms with Crippen LogP contribution in [0, 0.1) is 5.92 Å². The number of nitrogens with zero attached hydrogens (tertiary/aromatic N) is 1. The van der Waals surface area contributed by atoms with Gasteiger partial charge in [-0.2, -0.15) is 0 Å². The fourth-order valence-electron chi connectivity index (χ4n) is 1.44. The van der Waals surface area contributed by atoms with Crippen LogP contribution in [0.1, 0.15) is 20.3 Å². The summed E-state index contributed by atoms with van der Waals surface area (Å²) in [4.78, 5) is 12.8. The normalized spacial score (nSPS) is 12.7. The first-order valence-electron chi connectivity index (χ1n) is 5.75. The standard InChI is InChI=1S/C12H23NO3/c1-4-7-13(8-6-9-16-5-2)10-11(3)12(14)15/h4,11H,1,5-10H2,2-3H3,(H,14,15). The highest BCUT2D eigenvalue weighted by Crippen LogP contribution is 2.01. The van der Waals surface area contributed by atoms with Crippen molar-refractivity contribution in [1.82, 2.24) is 4.90 Å². The molecule has 1 atom stereocenters. The van der Waals surface area contributed by atoms with E-state index in [1.165, 1.54) is 0 Å². The maximum absolute atomic E-state index is 10.7. The van der Waals surface area contributed by atoms with E-state index in [0.717, 1.165) is 32.7 Å². The lowest BCUT2D eigenvalue weighted by Gasteiger charge is -2.22. The van der Waals surface area contributed by atoms with Gasteiger partial charge >= 0.3 is 5.97 Å². The van der Waals surface area contributed by atoms with Gasteiger partial charge in [0.25, 0.3) is 0 Å². The van der Waals surface area contributed by atoms with E-state index in [0.29, 0.717) is 6.54 Å². The van der Waals surface area contributed by atoms with Crippen LogP contribution in [0.3, 0.4) is 0 Å². The summed E-state index contributed by atoms with van der Waals surface area (Å²) in [5, 5.41) is 8.83. The van der Waals surface area contributed by atoms with Crippen LogP contribution >= 0.6 is 0 Å². The molecule has 4 heteroatoms. The third-order valence-corrected chi connectivity index (χ3v) is 2.31. The topological polar surface area (TPSA) is 49.8 Å². The first-order valence-corrected chi connectivity index (χ1v) is 5.75. The van der Waals surface area contributed by atoms with Gasteiger partial charge in [-0.1, -0.05) is 13.0 Å². The quantitative estimate of drug-likeness (QED) is 0.457. The summed E-state index contributed by atoms with van der Waals surface area (Å²) >= 11 is 0. The second-order valence-electron chi connectivity index (χ2n) is 3.84. The zero-order valence-electron chi connectivity index (χ0n) is 10.3.